The molecule has 0 spiro atoms. The van der Waals surface area contributed by atoms with Crippen molar-refractivity contribution in [3.63, 3.8) is 0 Å². The number of nitrogens with zero attached hydrogens (tertiary/aromatic N) is 1. The second-order valence-corrected chi connectivity index (χ2v) is 7.65. The number of hydrogen-bond donors (Lipinski definition) is 1. The molecule has 1 saturated heterocycles. The molecule has 3 rings (SSSR count). The zero-order valence-corrected chi connectivity index (χ0v) is 18.5. The summed E-state index contributed by atoms with van der Waals surface area (Å²) < 4.78 is 22.7. The number of halogens is 1. The molecular formula is C23H27ClN2O5. The topological polar surface area (TPSA) is 78.4 Å². The Bertz CT molecular complexity index is 895. The third kappa shape index (κ3) is 7.24. The van der Waals surface area contributed by atoms with E-state index in [1.807, 2.05) is 49.4 Å². The van der Waals surface area contributed by atoms with Gasteiger partial charge in [0, 0.05) is 5.02 Å². The molecule has 1 amide bonds. The fourth-order valence-electron chi connectivity index (χ4n) is 3.02. The number of amides is 1. The number of nitrogens with one attached hydrogen (secondary N) is 1. The summed E-state index contributed by atoms with van der Waals surface area (Å²) >= 11 is 5.92. The Morgan fingerprint density at radius 3 is 2.61 bits per heavy atom. The number of hydrazone groups is 1. The first-order chi connectivity index (χ1) is 15.0. The van der Waals surface area contributed by atoms with Crippen molar-refractivity contribution in [3.8, 4) is 11.5 Å². The quantitative estimate of drug-likeness (QED) is 0.458. The molecule has 2 aromatic rings. The standard InChI is InChI=1S/C23H27ClN2O5/c1-3-28-21-13-18(7-10-20(21)29-16-17-5-8-19(24)9-6-17)15-25-26-22(27)14-23(2)30-11-4-12-31-23/h5-10,13,15H,3-4,11-12,14,16H2,1-2H3,(H,26,27)/b25-15+. The number of hydrogen-bond acceptors (Lipinski definition) is 6. The van der Waals surface area contributed by atoms with Crippen molar-refractivity contribution >= 4 is 23.7 Å². The zero-order chi connectivity index (χ0) is 22.1. The van der Waals surface area contributed by atoms with Gasteiger partial charge in [-0.05, 0) is 61.7 Å². The van der Waals surface area contributed by atoms with Crippen LogP contribution in [0.1, 0.15) is 37.8 Å². The molecule has 0 atom stereocenters. The van der Waals surface area contributed by atoms with Gasteiger partial charge in [0.2, 0.25) is 5.91 Å². The molecule has 1 heterocycles. The minimum Gasteiger partial charge on any atom is -0.490 e. The first-order valence-corrected chi connectivity index (χ1v) is 10.6. The lowest BCUT2D eigenvalue weighted by Crippen LogP contribution is -2.41. The summed E-state index contributed by atoms with van der Waals surface area (Å²) in [6, 6.07) is 12.9. The highest BCUT2D eigenvalue weighted by molar-refractivity contribution is 6.30. The fraction of sp³-hybridized carbons (Fsp3) is 0.391. The van der Waals surface area contributed by atoms with Crippen LogP contribution < -0.4 is 14.9 Å². The van der Waals surface area contributed by atoms with E-state index in [0.29, 0.717) is 42.9 Å². The van der Waals surface area contributed by atoms with Crippen LogP contribution in [0.5, 0.6) is 11.5 Å². The second-order valence-electron chi connectivity index (χ2n) is 7.21. The zero-order valence-electron chi connectivity index (χ0n) is 17.7. The molecule has 0 aromatic heterocycles. The average molecular weight is 447 g/mol. The normalized spacial score (nSPS) is 15.6. The minimum atomic E-state index is -0.900. The van der Waals surface area contributed by atoms with E-state index in [9.17, 15) is 4.79 Å². The van der Waals surface area contributed by atoms with E-state index < -0.39 is 5.79 Å². The summed E-state index contributed by atoms with van der Waals surface area (Å²) in [6.07, 6.45) is 2.46. The Hall–Kier alpha value is -2.61. The van der Waals surface area contributed by atoms with E-state index in [2.05, 4.69) is 10.5 Å². The first kappa shape index (κ1) is 23.1. The Balaban J connectivity index is 1.57. The summed E-state index contributed by atoms with van der Waals surface area (Å²) in [5.41, 5.74) is 4.27. The molecule has 0 aliphatic carbocycles. The van der Waals surface area contributed by atoms with Crippen molar-refractivity contribution in [3.05, 3.63) is 58.6 Å². The molecule has 0 saturated carbocycles. The fourth-order valence-corrected chi connectivity index (χ4v) is 3.15. The van der Waals surface area contributed by atoms with Gasteiger partial charge in [0.15, 0.2) is 17.3 Å². The third-order valence-corrected chi connectivity index (χ3v) is 4.82. The molecule has 7 nitrogen and oxygen atoms in total. The lowest BCUT2D eigenvalue weighted by Gasteiger charge is -2.33. The Labute approximate surface area is 187 Å². The van der Waals surface area contributed by atoms with Gasteiger partial charge >= 0.3 is 0 Å². The van der Waals surface area contributed by atoms with Crippen LogP contribution in [0.4, 0.5) is 0 Å². The van der Waals surface area contributed by atoms with Crippen LogP contribution in [-0.2, 0) is 20.9 Å². The molecule has 0 radical (unpaired) electrons. The Kier molecular flexibility index (Phi) is 8.28. The maximum absolute atomic E-state index is 12.1. The van der Waals surface area contributed by atoms with Gasteiger partial charge < -0.3 is 18.9 Å². The van der Waals surface area contributed by atoms with Gasteiger partial charge in [-0.15, -0.1) is 0 Å². The Morgan fingerprint density at radius 1 is 1.16 bits per heavy atom. The predicted molar refractivity (Wildman–Crippen MR) is 119 cm³/mol. The Morgan fingerprint density at radius 2 is 1.90 bits per heavy atom. The summed E-state index contributed by atoms with van der Waals surface area (Å²) in [5.74, 6) is 0.0395. The highest BCUT2D eigenvalue weighted by Gasteiger charge is 2.31. The number of carbonyl (C=O) groups excluding carboxylic acids is 1. The lowest BCUT2D eigenvalue weighted by molar-refractivity contribution is -0.256. The van der Waals surface area contributed by atoms with E-state index in [1.54, 1.807) is 13.1 Å². The van der Waals surface area contributed by atoms with Crippen LogP contribution in [0.15, 0.2) is 47.6 Å². The molecule has 0 bridgehead atoms. The monoisotopic (exact) mass is 446 g/mol. The van der Waals surface area contributed by atoms with E-state index in [-0.39, 0.29) is 12.3 Å². The van der Waals surface area contributed by atoms with Gasteiger partial charge in [0.25, 0.3) is 0 Å². The number of carbonyl (C=O) groups is 1. The van der Waals surface area contributed by atoms with Crippen molar-refractivity contribution < 1.29 is 23.7 Å². The number of rotatable bonds is 9. The van der Waals surface area contributed by atoms with Gasteiger partial charge in [0.05, 0.1) is 32.5 Å². The van der Waals surface area contributed by atoms with Crippen molar-refractivity contribution in [1.82, 2.24) is 5.43 Å². The number of benzene rings is 2. The molecule has 8 heteroatoms. The average Bonchev–Trinajstić information content (AvgIpc) is 2.75. The smallest absolute Gasteiger partial charge is 0.245 e. The largest absolute Gasteiger partial charge is 0.490 e. The van der Waals surface area contributed by atoms with Crippen molar-refractivity contribution in [2.75, 3.05) is 19.8 Å². The minimum absolute atomic E-state index is 0.0754. The summed E-state index contributed by atoms with van der Waals surface area (Å²) in [7, 11) is 0. The molecule has 2 aromatic carbocycles. The van der Waals surface area contributed by atoms with Crippen molar-refractivity contribution in [1.29, 1.82) is 0 Å². The highest BCUT2D eigenvalue weighted by atomic mass is 35.5. The molecule has 1 aliphatic rings. The summed E-state index contributed by atoms with van der Waals surface area (Å²) in [5, 5.41) is 4.71. The maximum atomic E-state index is 12.1. The van der Waals surface area contributed by atoms with Gasteiger partial charge in [0.1, 0.15) is 6.61 Å². The lowest BCUT2D eigenvalue weighted by atomic mass is 10.2. The molecule has 166 valence electrons. The van der Waals surface area contributed by atoms with Crippen LogP contribution in [0.3, 0.4) is 0 Å². The highest BCUT2D eigenvalue weighted by Crippen LogP contribution is 2.29. The van der Waals surface area contributed by atoms with E-state index in [1.165, 1.54) is 0 Å². The van der Waals surface area contributed by atoms with E-state index in [4.69, 9.17) is 30.5 Å². The first-order valence-electron chi connectivity index (χ1n) is 10.2. The van der Waals surface area contributed by atoms with Gasteiger partial charge in [-0.2, -0.15) is 5.10 Å². The number of ether oxygens (including phenoxy) is 4. The van der Waals surface area contributed by atoms with Crippen LogP contribution in [0.2, 0.25) is 5.02 Å². The van der Waals surface area contributed by atoms with Gasteiger partial charge in [-0.25, -0.2) is 5.43 Å². The molecule has 1 aliphatic heterocycles. The molecule has 0 unspecified atom stereocenters. The molecular weight excluding hydrogens is 420 g/mol. The van der Waals surface area contributed by atoms with Gasteiger partial charge in [-0.3, -0.25) is 4.79 Å². The summed E-state index contributed by atoms with van der Waals surface area (Å²) in [6.45, 7) is 5.71. The van der Waals surface area contributed by atoms with Crippen LogP contribution >= 0.6 is 11.6 Å². The summed E-state index contributed by atoms with van der Waals surface area (Å²) in [4.78, 5) is 12.1. The van der Waals surface area contributed by atoms with Crippen molar-refractivity contribution in [2.24, 2.45) is 5.10 Å². The van der Waals surface area contributed by atoms with Crippen LogP contribution in [-0.4, -0.2) is 37.7 Å². The van der Waals surface area contributed by atoms with E-state index in [0.717, 1.165) is 17.5 Å². The van der Waals surface area contributed by atoms with Gasteiger partial charge in [-0.1, -0.05) is 23.7 Å². The SMILES string of the molecule is CCOc1cc(/C=N/NC(=O)CC2(C)OCCCO2)ccc1OCc1ccc(Cl)cc1. The third-order valence-electron chi connectivity index (χ3n) is 4.56. The molecule has 1 N–H and O–H groups in total. The maximum Gasteiger partial charge on any atom is 0.245 e. The van der Waals surface area contributed by atoms with Crippen LogP contribution in [0.25, 0.3) is 0 Å². The van der Waals surface area contributed by atoms with Crippen molar-refractivity contribution in [2.45, 2.75) is 39.1 Å². The van der Waals surface area contributed by atoms with Crippen LogP contribution in [0, 0.1) is 0 Å². The predicted octanol–water partition coefficient (Wildman–Crippen LogP) is 4.31. The molecule has 31 heavy (non-hydrogen) atoms. The van der Waals surface area contributed by atoms with E-state index >= 15 is 0 Å². The second kappa shape index (κ2) is 11.1. The molecule has 1 fully saturated rings.